The van der Waals surface area contributed by atoms with E-state index in [9.17, 15) is 4.79 Å². The van der Waals surface area contributed by atoms with Gasteiger partial charge in [-0.25, -0.2) is 4.98 Å². The lowest BCUT2D eigenvalue weighted by atomic mass is 9.99. The fraction of sp³-hybridized carbons (Fsp3) is 0.250. The van der Waals surface area contributed by atoms with Gasteiger partial charge in [-0.1, -0.05) is 41.5 Å². The van der Waals surface area contributed by atoms with Crippen LogP contribution >= 0.6 is 11.3 Å². The van der Waals surface area contributed by atoms with E-state index in [0.29, 0.717) is 18.5 Å². The Morgan fingerprint density at radius 2 is 1.76 bits per heavy atom. The van der Waals surface area contributed by atoms with Gasteiger partial charge in [0.2, 0.25) is 0 Å². The van der Waals surface area contributed by atoms with Crippen molar-refractivity contribution in [2.24, 2.45) is 0 Å². The van der Waals surface area contributed by atoms with Gasteiger partial charge in [-0.2, -0.15) is 0 Å². The molecule has 0 saturated carbocycles. The second kappa shape index (κ2) is 8.21. The molecule has 0 bridgehead atoms. The molecule has 2 aromatic heterocycles. The Hall–Kier alpha value is -2.92. The summed E-state index contributed by atoms with van der Waals surface area (Å²) in [5.74, 6) is 0.853. The number of hydrogen-bond acceptors (Lipinski definition) is 4. The van der Waals surface area contributed by atoms with Crippen LogP contribution < -0.4 is 10.3 Å². The summed E-state index contributed by atoms with van der Waals surface area (Å²) >= 11 is 1.52. The maximum absolute atomic E-state index is 13.2. The van der Waals surface area contributed by atoms with Crippen LogP contribution in [-0.4, -0.2) is 16.2 Å². The standard InChI is InChI=1S/C24H24N2O2S/c1-16-5-8-19(9-6-16)28-12-4-11-26-15-25-23-22(24(26)27)21(14-29-23)20-10-7-17(2)13-18(20)3/h5-10,13-15H,4,11-12H2,1-3H3. The van der Waals surface area contributed by atoms with E-state index in [-0.39, 0.29) is 5.56 Å². The van der Waals surface area contributed by atoms with Crippen LogP contribution in [0, 0.1) is 20.8 Å². The van der Waals surface area contributed by atoms with Crippen molar-refractivity contribution in [2.75, 3.05) is 6.61 Å². The minimum Gasteiger partial charge on any atom is -0.494 e. The average molecular weight is 405 g/mol. The lowest BCUT2D eigenvalue weighted by Gasteiger charge is -2.09. The smallest absolute Gasteiger partial charge is 0.262 e. The van der Waals surface area contributed by atoms with Crippen LogP contribution in [0.1, 0.15) is 23.1 Å². The van der Waals surface area contributed by atoms with Crippen molar-refractivity contribution in [3.05, 3.63) is 81.2 Å². The molecule has 5 heteroatoms. The molecule has 0 radical (unpaired) electrons. The normalized spacial score (nSPS) is 11.1. The predicted molar refractivity (Wildman–Crippen MR) is 120 cm³/mol. The summed E-state index contributed by atoms with van der Waals surface area (Å²) in [6, 6.07) is 14.3. The summed E-state index contributed by atoms with van der Waals surface area (Å²) in [5.41, 5.74) is 5.69. The Kier molecular flexibility index (Phi) is 5.49. The number of benzene rings is 2. The molecule has 148 valence electrons. The van der Waals surface area contributed by atoms with Gasteiger partial charge in [-0.05, 0) is 50.5 Å². The van der Waals surface area contributed by atoms with Crippen LogP contribution in [0.3, 0.4) is 0 Å². The highest BCUT2D eigenvalue weighted by Crippen LogP contribution is 2.33. The van der Waals surface area contributed by atoms with Gasteiger partial charge in [-0.3, -0.25) is 9.36 Å². The van der Waals surface area contributed by atoms with E-state index in [4.69, 9.17) is 4.74 Å². The van der Waals surface area contributed by atoms with E-state index in [1.165, 1.54) is 28.0 Å². The minimum atomic E-state index is 0.0153. The van der Waals surface area contributed by atoms with Crippen molar-refractivity contribution in [3.63, 3.8) is 0 Å². The summed E-state index contributed by atoms with van der Waals surface area (Å²) in [4.78, 5) is 18.5. The molecular weight excluding hydrogens is 380 g/mol. The van der Waals surface area contributed by atoms with Crippen LogP contribution in [-0.2, 0) is 6.54 Å². The molecule has 0 atom stereocenters. The first-order chi connectivity index (χ1) is 14.0. The van der Waals surface area contributed by atoms with Crippen molar-refractivity contribution < 1.29 is 4.74 Å². The minimum absolute atomic E-state index is 0.0153. The van der Waals surface area contributed by atoms with Crippen molar-refractivity contribution in [1.82, 2.24) is 9.55 Å². The van der Waals surface area contributed by atoms with Crippen molar-refractivity contribution in [3.8, 4) is 16.9 Å². The molecule has 2 aromatic carbocycles. The van der Waals surface area contributed by atoms with Crippen molar-refractivity contribution in [2.45, 2.75) is 33.7 Å². The zero-order chi connectivity index (χ0) is 20.4. The largest absolute Gasteiger partial charge is 0.494 e. The second-order valence-electron chi connectivity index (χ2n) is 7.41. The Balaban J connectivity index is 1.54. The Morgan fingerprint density at radius 3 is 2.52 bits per heavy atom. The molecule has 0 aliphatic carbocycles. The number of aromatic nitrogens is 2. The first kappa shape index (κ1) is 19.4. The number of ether oxygens (including phenoxy) is 1. The number of rotatable bonds is 6. The van der Waals surface area contributed by atoms with Gasteiger partial charge in [0, 0.05) is 17.5 Å². The molecule has 0 fully saturated rings. The molecular formula is C24H24N2O2S. The van der Waals surface area contributed by atoms with Crippen LogP contribution in [0.15, 0.2) is 59.0 Å². The quantitative estimate of drug-likeness (QED) is 0.398. The first-order valence-corrected chi connectivity index (χ1v) is 10.6. The van der Waals surface area contributed by atoms with Gasteiger partial charge in [-0.15, -0.1) is 11.3 Å². The first-order valence-electron chi connectivity index (χ1n) is 9.76. The van der Waals surface area contributed by atoms with E-state index in [1.54, 1.807) is 10.9 Å². The van der Waals surface area contributed by atoms with Gasteiger partial charge in [0.25, 0.3) is 5.56 Å². The van der Waals surface area contributed by atoms with E-state index in [1.807, 2.05) is 29.6 Å². The Bertz CT molecular complexity index is 1210. The summed E-state index contributed by atoms with van der Waals surface area (Å²) in [5, 5.41) is 2.76. The summed E-state index contributed by atoms with van der Waals surface area (Å²) in [6.07, 6.45) is 2.39. The highest BCUT2D eigenvalue weighted by Gasteiger charge is 2.14. The molecule has 0 aliphatic heterocycles. The van der Waals surface area contributed by atoms with E-state index in [0.717, 1.165) is 28.1 Å². The molecule has 4 nitrogen and oxygen atoms in total. The third kappa shape index (κ3) is 4.10. The van der Waals surface area contributed by atoms with E-state index >= 15 is 0 Å². The molecule has 0 saturated heterocycles. The molecule has 4 rings (SSSR count). The maximum Gasteiger partial charge on any atom is 0.262 e. The highest BCUT2D eigenvalue weighted by atomic mass is 32.1. The SMILES string of the molecule is Cc1ccc(OCCCn2cnc3scc(-c4ccc(C)cc4C)c3c2=O)cc1. The molecule has 0 unspecified atom stereocenters. The number of thiophene rings is 1. The van der Waals surface area contributed by atoms with Gasteiger partial charge >= 0.3 is 0 Å². The molecule has 0 spiro atoms. The molecule has 4 aromatic rings. The lowest BCUT2D eigenvalue weighted by Crippen LogP contribution is -2.21. The van der Waals surface area contributed by atoms with Gasteiger partial charge < -0.3 is 4.74 Å². The molecule has 2 heterocycles. The maximum atomic E-state index is 13.2. The van der Waals surface area contributed by atoms with E-state index < -0.39 is 0 Å². The Morgan fingerprint density at radius 1 is 1.00 bits per heavy atom. The van der Waals surface area contributed by atoms with Crippen LogP contribution in [0.5, 0.6) is 5.75 Å². The number of hydrogen-bond donors (Lipinski definition) is 0. The predicted octanol–water partition coefficient (Wildman–Crippen LogP) is 5.52. The highest BCUT2D eigenvalue weighted by molar-refractivity contribution is 7.17. The zero-order valence-electron chi connectivity index (χ0n) is 16.9. The molecule has 29 heavy (non-hydrogen) atoms. The lowest BCUT2D eigenvalue weighted by molar-refractivity contribution is 0.301. The fourth-order valence-electron chi connectivity index (χ4n) is 3.50. The summed E-state index contributed by atoms with van der Waals surface area (Å²) < 4.78 is 7.48. The monoisotopic (exact) mass is 404 g/mol. The van der Waals surface area contributed by atoms with Gasteiger partial charge in [0.05, 0.1) is 18.3 Å². The fourth-order valence-corrected chi connectivity index (χ4v) is 4.40. The molecule has 0 amide bonds. The Labute approximate surface area is 174 Å². The van der Waals surface area contributed by atoms with Crippen LogP contribution in [0.2, 0.25) is 0 Å². The number of nitrogens with zero attached hydrogens (tertiary/aromatic N) is 2. The zero-order valence-corrected chi connectivity index (χ0v) is 17.8. The summed E-state index contributed by atoms with van der Waals surface area (Å²) in [6.45, 7) is 7.35. The third-order valence-electron chi connectivity index (χ3n) is 5.07. The number of aryl methyl sites for hydroxylation is 4. The molecule has 0 aliphatic rings. The number of fused-ring (bicyclic) bond motifs is 1. The average Bonchev–Trinajstić information content (AvgIpc) is 3.13. The third-order valence-corrected chi connectivity index (χ3v) is 5.95. The van der Waals surface area contributed by atoms with Gasteiger partial charge in [0.15, 0.2) is 0 Å². The second-order valence-corrected chi connectivity index (χ2v) is 8.26. The topological polar surface area (TPSA) is 44.1 Å². The van der Waals surface area contributed by atoms with Crippen molar-refractivity contribution >= 4 is 21.6 Å². The van der Waals surface area contributed by atoms with Gasteiger partial charge in [0.1, 0.15) is 10.6 Å². The van der Waals surface area contributed by atoms with E-state index in [2.05, 4.69) is 44.0 Å². The molecule has 0 N–H and O–H groups in total. The van der Waals surface area contributed by atoms with Crippen LogP contribution in [0.25, 0.3) is 21.3 Å². The van der Waals surface area contributed by atoms with Crippen LogP contribution in [0.4, 0.5) is 0 Å². The summed E-state index contributed by atoms with van der Waals surface area (Å²) in [7, 11) is 0. The van der Waals surface area contributed by atoms with Crippen molar-refractivity contribution in [1.29, 1.82) is 0 Å².